The van der Waals surface area contributed by atoms with Crippen LogP contribution >= 0.6 is 11.6 Å². The Labute approximate surface area is 160 Å². The van der Waals surface area contributed by atoms with E-state index in [-0.39, 0.29) is 5.28 Å². The molecule has 4 atom stereocenters. The molecule has 150 valence electrons. The van der Waals surface area contributed by atoms with Gasteiger partial charge in [-0.2, -0.15) is 13.4 Å². The number of rotatable bonds is 6. The molecule has 2 aromatic heterocycles. The number of hydrogen-bond donors (Lipinski definition) is 3. The molecule has 0 saturated carbocycles. The number of aliphatic hydroxyl groups excluding tert-OH is 2. The fourth-order valence-corrected chi connectivity index (χ4v) is 3.43. The zero-order chi connectivity index (χ0) is 19.9. The summed E-state index contributed by atoms with van der Waals surface area (Å²) in [4.78, 5) is 12.7. The van der Waals surface area contributed by atoms with Crippen molar-refractivity contribution in [3.63, 3.8) is 0 Å². The second-order valence-electron chi connectivity index (χ2n) is 6.68. The van der Waals surface area contributed by atoms with Gasteiger partial charge in [0.25, 0.3) is 0 Å². The third-order valence-corrected chi connectivity index (χ3v) is 4.71. The molecule has 27 heavy (non-hydrogen) atoms. The Morgan fingerprint density at radius 2 is 2.07 bits per heavy atom. The summed E-state index contributed by atoms with van der Waals surface area (Å²) in [5, 5.41) is 25.3. The van der Waals surface area contributed by atoms with E-state index in [0.29, 0.717) is 29.2 Å². The van der Waals surface area contributed by atoms with Crippen molar-refractivity contribution in [3.8, 4) is 0 Å². The van der Waals surface area contributed by atoms with Gasteiger partial charge in [-0.05, 0) is 23.9 Å². The molecule has 1 fully saturated rings. The summed E-state index contributed by atoms with van der Waals surface area (Å²) in [6.07, 6.45) is -2.95. The Balaban J connectivity index is 1.92. The Morgan fingerprint density at radius 1 is 1.37 bits per heavy atom. The topological polar surface area (TPSA) is 163 Å². The Bertz CT molecular complexity index is 935. The maximum absolute atomic E-state index is 10.9. The molecule has 0 aromatic carbocycles. The highest BCUT2D eigenvalue weighted by Gasteiger charge is 2.45. The van der Waals surface area contributed by atoms with Gasteiger partial charge in [0.1, 0.15) is 23.8 Å². The zero-order valence-corrected chi connectivity index (χ0v) is 16.1. The fourth-order valence-electron chi connectivity index (χ4n) is 2.92. The minimum Gasteiger partial charge on any atom is -0.387 e. The van der Waals surface area contributed by atoms with Crippen molar-refractivity contribution in [2.75, 3.05) is 6.61 Å². The number of halogens is 1. The highest BCUT2D eigenvalue weighted by atomic mass is 35.5. The van der Waals surface area contributed by atoms with Crippen LogP contribution in [0.4, 0.5) is 0 Å². The van der Waals surface area contributed by atoms with Crippen LogP contribution in [-0.2, 0) is 25.6 Å². The molecule has 1 aliphatic rings. The first kappa shape index (κ1) is 20.3. The summed E-state index contributed by atoms with van der Waals surface area (Å²) in [6.45, 7) is 3.50. The third-order valence-electron chi connectivity index (χ3n) is 4.08. The van der Waals surface area contributed by atoms with Crippen LogP contribution in [0.5, 0.6) is 0 Å². The van der Waals surface area contributed by atoms with Crippen LogP contribution in [0, 0.1) is 5.92 Å². The van der Waals surface area contributed by atoms with Crippen molar-refractivity contribution in [2.24, 2.45) is 11.1 Å². The number of nitrogens with two attached hydrogens (primary N) is 1. The van der Waals surface area contributed by atoms with Gasteiger partial charge in [0, 0.05) is 0 Å². The summed E-state index contributed by atoms with van der Waals surface area (Å²) in [5.74, 6) is 0.305. The summed E-state index contributed by atoms with van der Waals surface area (Å²) in [5.41, 5.74) is 1.48. The van der Waals surface area contributed by atoms with Gasteiger partial charge < -0.3 is 14.9 Å². The standard InChI is InChI=1S/C14H20ClN5O6S/c1-6(2)3-7-9-12(19-14(15)18-7)20(5-17-9)13-11(22)10(21)8(26-13)4-25-27(16,23)24/h5-6,8,10-11,13,21-22H,3-4H2,1-2H3,(H2,16,23,24)/t8-,10-,11-,13-/m1/s1. The van der Waals surface area contributed by atoms with Crippen LogP contribution in [0.2, 0.25) is 5.28 Å². The molecule has 0 bridgehead atoms. The Morgan fingerprint density at radius 3 is 2.70 bits per heavy atom. The highest BCUT2D eigenvalue weighted by molar-refractivity contribution is 7.84. The van der Waals surface area contributed by atoms with Gasteiger partial charge in [-0.15, -0.1) is 0 Å². The van der Waals surface area contributed by atoms with Crippen LogP contribution < -0.4 is 5.14 Å². The lowest BCUT2D eigenvalue weighted by Gasteiger charge is -2.16. The van der Waals surface area contributed by atoms with Gasteiger partial charge in [-0.25, -0.2) is 15.1 Å². The number of hydrogen-bond acceptors (Lipinski definition) is 9. The van der Waals surface area contributed by atoms with Crippen molar-refractivity contribution in [1.82, 2.24) is 19.5 Å². The summed E-state index contributed by atoms with van der Waals surface area (Å²) < 4.78 is 33.3. The van der Waals surface area contributed by atoms with Crippen molar-refractivity contribution in [1.29, 1.82) is 0 Å². The van der Waals surface area contributed by atoms with E-state index < -0.39 is 41.5 Å². The first-order chi connectivity index (χ1) is 12.6. The number of nitrogens with zero attached hydrogens (tertiary/aromatic N) is 4. The lowest BCUT2D eigenvalue weighted by atomic mass is 10.1. The molecule has 3 rings (SSSR count). The van der Waals surface area contributed by atoms with E-state index in [1.165, 1.54) is 10.9 Å². The average Bonchev–Trinajstić information content (AvgIpc) is 3.07. The minimum atomic E-state index is -4.21. The van der Waals surface area contributed by atoms with Gasteiger partial charge >= 0.3 is 10.3 Å². The van der Waals surface area contributed by atoms with Crippen molar-refractivity contribution in [3.05, 3.63) is 17.3 Å². The first-order valence-corrected chi connectivity index (χ1v) is 9.99. The SMILES string of the molecule is CC(C)Cc1nc(Cl)nc2c1ncn2[C@@H]1O[C@H](COS(N)(=O)=O)[C@@H](O)[C@H]1O. The van der Waals surface area contributed by atoms with Crippen LogP contribution in [-0.4, -0.2) is 63.1 Å². The molecule has 2 aromatic rings. The normalized spacial score (nSPS) is 26.3. The lowest BCUT2D eigenvalue weighted by Crippen LogP contribution is -2.35. The molecule has 1 saturated heterocycles. The average molecular weight is 422 g/mol. The zero-order valence-electron chi connectivity index (χ0n) is 14.6. The largest absolute Gasteiger partial charge is 0.387 e. The van der Waals surface area contributed by atoms with Crippen LogP contribution in [0.15, 0.2) is 6.33 Å². The second kappa shape index (κ2) is 7.54. The molecule has 3 heterocycles. The van der Waals surface area contributed by atoms with E-state index in [0.717, 1.165) is 0 Å². The molecular formula is C14H20ClN5O6S. The first-order valence-electron chi connectivity index (χ1n) is 8.14. The quantitative estimate of drug-likeness (QED) is 0.522. The predicted octanol–water partition coefficient (Wildman–Crippen LogP) is -0.483. The van der Waals surface area contributed by atoms with Crippen LogP contribution in [0.3, 0.4) is 0 Å². The lowest BCUT2D eigenvalue weighted by molar-refractivity contribution is -0.0467. The van der Waals surface area contributed by atoms with E-state index in [1.54, 1.807) is 0 Å². The molecule has 11 nitrogen and oxygen atoms in total. The second-order valence-corrected chi connectivity index (χ2v) is 8.24. The maximum Gasteiger partial charge on any atom is 0.333 e. The summed E-state index contributed by atoms with van der Waals surface area (Å²) in [6, 6.07) is 0. The van der Waals surface area contributed by atoms with Crippen molar-refractivity contribution < 1.29 is 27.6 Å². The van der Waals surface area contributed by atoms with Crippen molar-refractivity contribution in [2.45, 2.75) is 44.8 Å². The molecule has 13 heteroatoms. The van der Waals surface area contributed by atoms with Crippen molar-refractivity contribution >= 4 is 33.1 Å². The van der Waals surface area contributed by atoms with E-state index >= 15 is 0 Å². The van der Waals surface area contributed by atoms with Gasteiger partial charge in [0.05, 0.1) is 18.6 Å². The Hall–Kier alpha value is -1.41. The molecule has 0 spiro atoms. The molecule has 0 aliphatic carbocycles. The third kappa shape index (κ3) is 4.37. The monoisotopic (exact) mass is 421 g/mol. The minimum absolute atomic E-state index is 0.0158. The van der Waals surface area contributed by atoms with E-state index in [2.05, 4.69) is 19.1 Å². The summed E-state index contributed by atoms with van der Waals surface area (Å²) >= 11 is 6.02. The van der Waals surface area contributed by atoms with E-state index in [4.69, 9.17) is 21.5 Å². The maximum atomic E-state index is 10.9. The number of fused-ring (bicyclic) bond motifs is 1. The predicted molar refractivity (Wildman–Crippen MR) is 93.9 cm³/mol. The van der Waals surface area contributed by atoms with Gasteiger partial charge in [-0.1, -0.05) is 13.8 Å². The molecule has 0 amide bonds. The van der Waals surface area contributed by atoms with Gasteiger partial charge in [0.2, 0.25) is 5.28 Å². The molecular weight excluding hydrogens is 402 g/mol. The van der Waals surface area contributed by atoms with Crippen LogP contribution in [0.25, 0.3) is 11.2 Å². The number of imidazole rings is 1. The molecule has 1 aliphatic heterocycles. The van der Waals surface area contributed by atoms with Crippen LogP contribution in [0.1, 0.15) is 25.8 Å². The molecule has 4 N–H and O–H groups in total. The van der Waals surface area contributed by atoms with Gasteiger partial charge in [0.15, 0.2) is 11.9 Å². The smallest absolute Gasteiger partial charge is 0.333 e. The number of aromatic nitrogens is 4. The highest BCUT2D eigenvalue weighted by Crippen LogP contribution is 2.32. The Kier molecular flexibility index (Phi) is 5.68. The number of ether oxygens (including phenoxy) is 1. The molecule has 0 radical (unpaired) electrons. The fraction of sp³-hybridized carbons (Fsp3) is 0.643. The van der Waals surface area contributed by atoms with E-state index in [1.807, 2.05) is 13.8 Å². The van der Waals surface area contributed by atoms with E-state index in [9.17, 15) is 18.6 Å². The van der Waals surface area contributed by atoms with Gasteiger partial charge in [-0.3, -0.25) is 8.75 Å². The summed E-state index contributed by atoms with van der Waals surface area (Å²) in [7, 11) is -4.21. The molecule has 0 unspecified atom stereocenters. The number of aliphatic hydroxyl groups is 2.